The highest BCUT2D eigenvalue weighted by molar-refractivity contribution is 6.31. The van der Waals surface area contributed by atoms with E-state index in [1.807, 2.05) is 6.92 Å². The SMILES string of the molecule is CCCCN[C@H](C)[C@]1(O)Cc2c(O)c3c(c(O)c2[C@H](O[C@@H]2C[C@H](N)[C@H](O)[C@H](C)O2)C1)C(=O)c1c(OC)cccc1C3=O. The fourth-order valence-electron chi connectivity index (χ4n) is 6.43. The minimum atomic E-state index is -1.46. The molecule has 0 aromatic heterocycles. The number of nitrogens with two attached hydrogens (primary N) is 1. The van der Waals surface area contributed by atoms with E-state index in [0.29, 0.717) is 6.54 Å². The van der Waals surface area contributed by atoms with Crippen LogP contribution in [0.2, 0.25) is 0 Å². The number of hydrogen-bond donors (Lipinski definition) is 6. The third-order valence-electron chi connectivity index (χ3n) is 8.96. The second-order valence-electron chi connectivity index (χ2n) is 11.7. The number of unbranched alkanes of at least 4 members (excludes halogenated alkanes) is 1. The van der Waals surface area contributed by atoms with Gasteiger partial charge in [0.25, 0.3) is 0 Å². The first-order chi connectivity index (χ1) is 19.9. The Labute approximate surface area is 244 Å². The lowest BCUT2D eigenvalue weighted by atomic mass is 9.71. The number of phenols is 2. The van der Waals surface area contributed by atoms with Gasteiger partial charge in [-0.15, -0.1) is 0 Å². The molecular formula is C31H40N2O9. The van der Waals surface area contributed by atoms with Gasteiger partial charge in [0.1, 0.15) is 17.2 Å². The molecule has 7 atom stereocenters. The summed E-state index contributed by atoms with van der Waals surface area (Å²) in [6.07, 6.45) is -1.62. The summed E-state index contributed by atoms with van der Waals surface area (Å²) in [6.45, 7) is 6.21. The number of phenolic OH excluding ortho intramolecular Hbond substituents is 2. The highest BCUT2D eigenvalue weighted by Crippen LogP contribution is 2.53. The Kier molecular flexibility index (Phi) is 8.36. The summed E-state index contributed by atoms with van der Waals surface area (Å²) < 4.78 is 17.5. The van der Waals surface area contributed by atoms with E-state index in [4.69, 9.17) is 19.9 Å². The number of ether oxygens (including phenoxy) is 3. The molecule has 0 amide bonds. The van der Waals surface area contributed by atoms with E-state index in [0.717, 1.165) is 12.8 Å². The molecule has 3 aliphatic rings. The molecule has 0 bridgehead atoms. The first-order valence-electron chi connectivity index (χ1n) is 14.5. The van der Waals surface area contributed by atoms with Crippen molar-refractivity contribution in [2.24, 2.45) is 5.73 Å². The molecule has 1 heterocycles. The van der Waals surface area contributed by atoms with Crippen molar-refractivity contribution in [2.45, 2.75) is 95.2 Å². The van der Waals surface area contributed by atoms with Gasteiger partial charge in [0.2, 0.25) is 5.78 Å². The molecule has 2 aliphatic carbocycles. The zero-order chi connectivity index (χ0) is 30.5. The van der Waals surface area contributed by atoms with Gasteiger partial charge < -0.3 is 45.7 Å². The topological polar surface area (TPSA) is 181 Å². The largest absolute Gasteiger partial charge is 0.507 e. The lowest BCUT2D eigenvalue weighted by Crippen LogP contribution is -2.55. The van der Waals surface area contributed by atoms with Gasteiger partial charge in [0.15, 0.2) is 12.1 Å². The van der Waals surface area contributed by atoms with E-state index >= 15 is 0 Å². The summed E-state index contributed by atoms with van der Waals surface area (Å²) in [4.78, 5) is 27.5. The number of ketones is 2. The summed E-state index contributed by atoms with van der Waals surface area (Å²) in [5.74, 6) is -2.13. The summed E-state index contributed by atoms with van der Waals surface area (Å²) >= 11 is 0. The van der Waals surface area contributed by atoms with Crippen LogP contribution in [0.3, 0.4) is 0 Å². The zero-order valence-electron chi connectivity index (χ0n) is 24.3. The number of methoxy groups -OCH3 is 1. The number of aliphatic hydroxyl groups is 2. The minimum absolute atomic E-state index is 0.00456. The quantitative estimate of drug-likeness (QED) is 0.169. The number of hydrogen-bond acceptors (Lipinski definition) is 11. The number of aliphatic hydroxyl groups excluding tert-OH is 1. The Bertz CT molecular complexity index is 1380. The molecule has 0 saturated carbocycles. The Morgan fingerprint density at radius 1 is 1.17 bits per heavy atom. The summed E-state index contributed by atoms with van der Waals surface area (Å²) in [5, 5.41) is 48.9. The number of carbonyl (C=O) groups is 2. The fourth-order valence-corrected chi connectivity index (χ4v) is 6.43. The fraction of sp³-hybridized carbons (Fsp3) is 0.548. The summed E-state index contributed by atoms with van der Waals surface area (Å²) in [5.41, 5.74) is 4.27. The van der Waals surface area contributed by atoms with Crippen LogP contribution >= 0.6 is 0 Å². The maximum atomic E-state index is 13.8. The van der Waals surface area contributed by atoms with Crippen LogP contribution in [0.1, 0.15) is 95.5 Å². The Morgan fingerprint density at radius 3 is 2.55 bits per heavy atom. The van der Waals surface area contributed by atoms with Gasteiger partial charge in [-0.3, -0.25) is 9.59 Å². The molecule has 1 fully saturated rings. The molecule has 5 rings (SSSR count). The van der Waals surface area contributed by atoms with Crippen molar-refractivity contribution in [2.75, 3.05) is 13.7 Å². The predicted octanol–water partition coefficient (Wildman–Crippen LogP) is 2.22. The van der Waals surface area contributed by atoms with Crippen LogP contribution in [-0.4, -0.2) is 81.8 Å². The second-order valence-corrected chi connectivity index (χ2v) is 11.7. The molecule has 11 nitrogen and oxygen atoms in total. The number of rotatable bonds is 8. The Hall–Kier alpha value is -3.06. The number of benzene rings is 2. The van der Waals surface area contributed by atoms with Crippen molar-refractivity contribution < 1.29 is 44.2 Å². The molecule has 42 heavy (non-hydrogen) atoms. The average Bonchev–Trinajstić information content (AvgIpc) is 2.95. The van der Waals surface area contributed by atoms with Crippen LogP contribution in [0.25, 0.3) is 0 Å². The second kappa shape index (κ2) is 11.6. The van der Waals surface area contributed by atoms with Crippen LogP contribution in [-0.2, 0) is 15.9 Å². The number of aromatic hydroxyl groups is 2. The first kappa shape index (κ1) is 30.4. The number of carbonyl (C=O) groups excluding carboxylic acids is 2. The number of fused-ring (bicyclic) bond motifs is 3. The van der Waals surface area contributed by atoms with Crippen molar-refractivity contribution in [3.63, 3.8) is 0 Å². The molecule has 1 aliphatic heterocycles. The maximum Gasteiger partial charge on any atom is 0.202 e. The number of nitrogens with one attached hydrogen (secondary N) is 1. The van der Waals surface area contributed by atoms with Gasteiger partial charge in [-0.05, 0) is 32.9 Å². The van der Waals surface area contributed by atoms with E-state index in [1.54, 1.807) is 19.1 Å². The molecule has 2 aromatic carbocycles. The van der Waals surface area contributed by atoms with Gasteiger partial charge >= 0.3 is 0 Å². The van der Waals surface area contributed by atoms with Gasteiger partial charge in [-0.1, -0.05) is 25.5 Å². The standard InChI is InChI=1S/C31H40N2O9/c1-5-6-10-33-15(3)31(39)12-17-23(20(13-31)42-21-11-18(32)26(34)14(2)41-21)30(38)25-24(28(17)36)27(35)16-8-7-9-19(40-4)22(16)29(25)37/h7-9,14-15,18,20-21,26,33-34,36,38-39H,5-6,10-13,32H2,1-4H3/t14-,15+,18-,20+,21+,26+,31-/m0/s1. The lowest BCUT2D eigenvalue weighted by Gasteiger charge is -2.45. The monoisotopic (exact) mass is 584 g/mol. The van der Waals surface area contributed by atoms with Crippen LogP contribution in [0, 0.1) is 0 Å². The maximum absolute atomic E-state index is 13.8. The average molecular weight is 585 g/mol. The highest BCUT2D eigenvalue weighted by Gasteiger charge is 2.49. The molecule has 11 heteroatoms. The molecule has 0 spiro atoms. The van der Waals surface area contributed by atoms with Gasteiger partial charge in [0.05, 0.1) is 47.7 Å². The summed E-state index contributed by atoms with van der Waals surface area (Å²) in [7, 11) is 1.38. The molecule has 0 radical (unpaired) electrons. The van der Waals surface area contributed by atoms with E-state index in [1.165, 1.54) is 13.2 Å². The third-order valence-corrected chi connectivity index (χ3v) is 8.96. The van der Waals surface area contributed by atoms with Crippen LogP contribution in [0.5, 0.6) is 17.2 Å². The van der Waals surface area contributed by atoms with Crippen LogP contribution in [0.15, 0.2) is 18.2 Å². The van der Waals surface area contributed by atoms with Crippen molar-refractivity contribution in [3.8, 4) is 17.2 Å². The van der Waals surface area contributed by atoms with Crippen molar-refractivity contribution in [3.05, 3.63) is 51.6 Å². The Morgan fingerprint density at radius 2 is 1.88 bits per heavy atom. The Balaban J connectivity index is 1.64. The smallest absolute Gasteiger partial charge is 0.202 e. The predicted molar refractivity (Wildman–Crippen MR) is 152 cm³/mol. The van der Waals surface area contributed by atoms with Crippen LogP contribution in [0.4, 0.5) is 0 Å². The minimum Gasteiger partial charge on any atom is -0.507 e. The summed E-state index contributed by atoms with van der Waals surface area (Å²) in [6, 6.07) is 3.49. The normalized spacial score (nSPS) is 29.5. The third kappa shape index (κ3) is 4.97. The molecular weight excluding hydrogens is 544 g/mol. The van der Waals surface area contributed by atoms with Crippen molar-refractivity contribution >= 4 is 11.6 Å². The molecule has 7 N–H and O–H groups in total. The molecule has 2 aromatic rings. The van der Waals surface area contributed by atoms with E-state index in [-0.39, 0.29) is 58.4 Å². The zero-order valence-corrected chi connectivity index (χ0v) is 24.3. The highest BCUT2D eigenvalue weighted by atomic mass is 16.7. The van der Waals surface area contributed by atoms with Crippen LogP contribution < -0.4 is 15.8 Å². The van der Waals surface area contributed by atoms with Crippen molar-refractivity contribution in [1.82, 2.24) is 5.32 Å². The lowest BCUT2D eigenvalue weighted by molar-refractivity contribution is -0.248. The van der Waals surface area contributed by atoms with E-state index in [9.17, 15) is 30.0 Å². The van der Waals surface area contributed by atoms with Gasteiger partial charge in [-0.2, -0.15) is 0 Å². The molecule has 0 unspecified atom stereocenters. The van der Waals surface area contributed by atoms with Gasteiger partial charge in [0, 0.05) is 48.0 Å². The van der Waals surface area contributed by atoms with E-state index in [2.05, 4.69) is 12.2 Å². The molecule has 228 valence electrons. The first-order valence-corrected chi connectivity index (χ1v) is 14.5. The molecule has 1 saturated heterocycles. The van der Waals surface area contributed by atoms with Gasteiger partial charge in [-0.25, -0.2) is 0 Å². The van der Waals surface area contributed by atoms with E-state index < -0.39 is 65.4 Å². The van der Waals surface area contributed by atoms with Crippen molar-refractivity contribution in [1.29, 1.82) is 0 Å².